The van der Waals surface area contributed by atoms with Gasteiger partial charge in [-0.15, -0.1) is 11.8 Å². The van der Waals surface area contributed by atoms with Crippen molar-refractivity contribution in [2.24, 2.45) is 0 Å². The van der Waals surface area contributed by atoms with Crippen LogP contribution in [0.4, 0.5) is 0 Å². The zero-order valence-electron chi connectivity index (χ0n) is 17.7. The summed E-state index contributed by atoms with van der Waals surface area (Å²) in [5.41, 5.74) is 2.74. The molecule has 2 heterocycles. The molecule has 166 valence electrons. The first kappa shape index (κ1) is 24.6. The molecule has 31 heavy (non-hydrogen) atoms. The van der Waals surface area contributed by atoms with Crippen LogP contribution in [0.1, 0.15) is 56.7 Å². The summed E-state index contributed by atoms with van der Waals surface area (Å²) in [6, 6.07) is 5.45. The Morgan fingerprint density at radius 3 is 2.55 bits per heavy atom. The predicted molar refractivity (Wildman–Crippen MR) is 133 cm³/mol. The van der Waals surface area contributed by atoms with Crippen molar-refractivity contribution >= 4 is 68.2 Å². The molecule has 0 atom stereocenters. The van der Waals surface area contributed by atoms with Crippen molar-refractivity contribution in [3.8, 4) is 16.4 Å². The molecule has 0 unspecified atom stereocenters. The lowest BCUT2D eigenvalue weighted by molar-refractivity contribution is 0.0514. The van der Waals surface area contributed by atoms with Gasteiger partial charge < -0.3 is 4.74 Å². The minimum atomic E-state index is -0.446. The number of thioether (sulfide) groups is 1. The summed E-state index contributed by atoms with van der Waals surface area (Å²) in [4.78, 5) is 17.6. The average Bonchev–Trinajstić information content (AvgIpc) is 3.24. The number of carbonyl (C=O) groups excluding carboxylic acids is 1. The maximum Gasteiger partial charge on any atom is 0.358 e. The summed E-state index contributed by atoms with van der Waals surface area (Å²) >= 11 is 19.1. The van der Waals surface area contributed by atoms with E-state index in [1.54, 1.807) is 35.5 Å². The largest absolute Gasteiger partial charge is 0.461 e. The first-order valence-electron chi connectivity index (χ1n) is 9.72. The lowest BCUT2D eigenvalue weighted by Crippen LogP contribution is -2.12. The monoisotopic (exact) mass is 561 g/mol. The van der Waals surface area contributed by atoms with E-state index in [-0.39, 0.29) is 12.5 Å². The summed E-state index contributed by atoms with van der Waals surface area (Å²) in [6.07, 6.45) is 0. The Morgan fingerprint density at radius 1 is 1.26 bits per heavy atom. The molecular weight excluding hydrogens is 541 g/mol. The fourth-order valence-electron chi connectivity index (χ4n) is 2.80. The highest BCUT2D eigenvalue weighted by molar-refractivity contribution is 9.10. The van der Waals surface area contributed by atoms with Gasteiger partial charge in [0.2, 0.25) is 5.13 Å². The maximum atomic E-state index is 12.7. The molecule has 5 nitrogen and oxygen atoms in total. The van der Waals surface area contributed by atoms with E-state index >= 15 is 0 Å². The van der Waals surface area contributed by atoms with Crippen LogP contribution in [0, 0.1) is 0 Å². The van der Waals surface area contributed by atoms with Crippen molar-refractivity contribution in [1.82, 2.24) is 14.8 Å². The van der Waals surface area contributed by atoms with Gasteiger partial charge in [-0.2, -0.15) is 9.78 Å². The van der Waals surface area contributed by atoms with Crippen LogP contribution in [-0.2, 0) is 4.74 Å². The van der Waals surface area contributed by atoms with E-state index in [0.29, 0.717) is 30.6 Å². The van der Waals surface area contributed by atoms with Gasteiger partial charge in [-0.25, -0.2) is 9.78 Å². The standard InChI is InChI=1S/C21H22BrCl2N3O2S2/c1-6-29-19(28)18-15(22)16(10(2)3)26-27(18)21-25-17(20(31-21)30-11(4)5)12-7-8-13(23)14(24)9-12/h7-11H,6H2,1-5H3. The first-order chi connectivity index (χ1) is 14.6. The van der Waals surface area contributed by atoms with Crippen LogP contribution >= 0.6 is 62.2 Å². The molecule has 0 aliphatic carbocycles. The van der Waals surface area contributed by atoms with E-state index in [2.05, 4.69) is 29.8 Å². The van der Waals surface area contributed by atoms with Gasteiger partial charge in [-0.3, -0.25) is 0 Å². The second kappa shape index (κ2) is 10.3. The number of benzene rings is 1. The predicted octanol–water partition coefficient (Wildman–Crippen LogP) is 7.87. The molecular formula is C21H22BrCl2N3O2S2. The van der Waals surface area contributed by atoms with Crippen molar-refractivity contribution in [2.45, 2.75) is 50.0 Å². The van der Waals surface area contributed by atoms with Crippen molar-refractivity contribution in [3.05, 3.63) is 44.1 Å². The lowest BCUT2D eigenvalue weighted by Gasteiger charge is -2.05. The molecule has 0 saturated heterocycles. The number of carbonyl (C=O) groups is 1. The van der Waals surface area contributed by atoms with Crippen LogP contribution in [-0.4, -0.2) is 32.6 Å². The number of ether oxygens (including phenoxy) is 1. The number of rotatable bonds is 7. The van der Waals surface area contributed by atoms with E-state index in [1.165, 1.54) is 11.3 Å². The quantitative estimate of drug-likeness (QED) is 0.216. The van der Waals surface area contributed by atoms with Gasteiger partial charge in [0.1, 0.15) is 0 Å². The van der Waals surface area contributed by atoms with E-state index in [0.717, 1.165) is 21.2 Å². The minimum Gasteiger partial charge on any atom is -0.461 e. The zero-order chi connectivity index (χ0) is 22.9. The number of halogens is 3. The Bertz CT molecular complexity index is 1110. The second-order valence-electron chi connectivity index (χ2n) is 7.26. The third-order valence-electron chi connectivity index (χ3n) is 4.17. The molecule has 0 saturated carbocycles. The average molecular weight is 563 g/mol. The number of nitrogens with zero attached hydrogens (tertiary/aromatic N) is 3. The van der Waals surface area contributed by atoms with E-state index in [1.807, 2.05) is 19.9 Å². The molecule has 1 aromatic carbocycles. The molecule has 3 aromatic rings. The van der Waals surface area contributed by atoms with E-state index in [9.17, 15) is 4.79 Å². The molecule has 0 N–H and O–H groups in total. The Morgan fingerprint density at radius 2 is 1.97 bits per heavy atom. The molecule has 0 spiro atoms. The summed E-state index contributed by atoms with van der Waals surface area (Å²) in [7, 11) is 0. The highest BCUT2D eigenvalue weighted by Gasteiger charge is 2.28. The van der Waals surface area contributed by atoms with Crippen molar-refractivity contribution in [3.63, 3.8) is 0 Å². The molecule has 0 bridgehead atoms. The number of thiazole rings is 1. The van der Waals surface area contributed by atoms with Crippen molar-refractivity contribution in [2.75, 3.05) is 6.61 Å². The Kier molecular flexibility index (Phi) is 8.13. The molecule has 3 rings (SSSR count). The van der Waals surface area contributed by atoms with Crippen LogP contribution in [0.2, 0.25) is 10.0 Å². The third-order valence-corrected chi connectivity index (χ3v) is 7.93. The fourth-order valence-corrected chi connectivity index (χ4v) is 6.45. The summed E-state index contributed by atoms with van der Waals surface area (Å²) in [5, 5.41) is 6.58. The van der Waals surface area contributed by atoms with Gasteiger partial charge in [0, 0.05) is 10.8 Å². The van der Waals surface area contributed by atoms with Crippen LogP contribution in [0.25, 0.3) is 16.4 Å². The number of hydrogen-bond donors (Lipinski definition) is 0. The van der Waals surface area contributed by atoms with Gasteiger partial charge in [0.15, 0.2) is 5.69 Å². The summed E-state index contributed by atoms with van der Waals surface area (Å²) in [6.45, 7) is 10.3. The lowest BCUT2D eigenvalue weighted by atomic mass is 10.1. The van der Waals surface area contributed by atoms with Gasteiger partial charge in [0.05, 0.1) is 36.7 Å². The zero-order valence-corrected chi connectivity index (χ0v) is 22.4. The SMILES string of the molecule is CCOC(=O)c1c(Br)c(C(C)C)nn1-c1nc(-c2ccc(Cl)c(Cl)c2)c(SC(C)C)s1. The van der Waals surface area contributed by atoms with Crippen molar-refractivity contribution in [1.29, 1.82) is 0 Å². The van der Waals surface area contributed by atoms with Gasteiger partial charge >= 0.3 is 5.97 Å². The van der Waals surface area contributed by atoms with Crippen LogP contribution in [0.3, 0.4) is 0 Å². The minimum absolute atomic E-state index is 0.114. The van der Waals surface area contributed by atoms with Gasteiger partial charge in [0.25, 0.3) is 0 Å². The number of aromatic nitrogens is 3. The number of hydrogen-bond acceptors (Lipinski definition) is 6. The number of esters is 1. The van der Waals surface area contributed by atoms with Gasteiger partial charge in [-0.1, -0.05) is 68.3 Å². The Balaban J connectivity index is 2.21. The molecule has 10 heteroatoms. The highest BCUT2D eigenvalue weighted by Crippen LogP contribution is 2.42. The molecule has 2 aromatic heterocycles. The molecule has 0 aliphatic heterocycles. The molecule has 0 radical (unpaired) electrons. The normalized spacial score (nSPS) is 11.5. The summed E-state index contributed by atoms with van der Waals surface area (Å²) < 4.78 is 8.51. The van der Waals surface area contributed by atoms with E-state index < -0.39 is 5.97 Å². The fraction of sp³-hybridized carbons (Fsp3) is 0.381. The third kappa shape index (κ3) is 5.30. The van der Waals surface area contributed by atoms with Gasteiger partial charge in [-0.05, 0) is 40.9 Å². The summed E-state index contributed by atoms with van der Waals surface area (Å²) in [5.74, 6) is -0.332. The first-order valence-corrected chi connectivity index (χ1v) is 13.0. The van der Waals surface area contributed by atoms with Crippen LogP contribution in [0.5, 0.6) is 0 Å². The van der Waals surface area contributed by atoms with Crippen molar-refractivity contribution < 1.29 is 9.53 Å². The maximum absolute atomic E-state index is 12.7. The molecule has 0 fully saturated rings. The van der Waals surface area contributed by atoms with Crippen LogP contribution < -0.4 is 0 Å². The van der Waals surface area contributed by atoms with Crippen LogP contribution in [0.15, 0.2) is 26.9 Å². The van der Waals surface area contributed by atoms with E-state index in [4.69, 9.17) is 38.0 Å². The Hall–Kier alpha value is -1.06. The second-order valence-corrected chi connectivity index (χ2v) is 11.7. The Labute approximate surface area is 208 Å². The molecule has 0 aliphatic rings. The smallest absolute Gasteiger partial charge is 0.358 e. The molecule has 0 amide bonds. The topological polar surface area (TPSA) is 57.0 Å². The highest BCUT2D eigenvalue weighted by atomic mass is 79.9.